The normalized spacial score (nSPS) is 11.6. The van der Waals surface area contributed by atoms with Crippen molar-refractivity contribution in [2.24, 2.45) is 0 Å². The third kappa shape index (κ3) is 6.69. The maximum Gasteiger partial charge on any atom is 0.221 e. The third-order valence-corrected chi connectivity index (χ3v) is 4.05. The van der Waals surface area contributed by atoms with E-state index < -0.39 is 0 Å². The molecule has 25 heavy (non-hydrogen) atoms. The fourth-order valence-corrected chi connectivity index (χ4v) is 3.00. The summed E-state index contributed by atoms with van der Waals surface area (Å²) in [6.07, 6.45) is 0. The van der Waals surface area contributed by atoms with Crippen LogP contribution in [0.2, 0.25) is 0 Å². The molecule has 4 nitrogen and oxygen atoms in total. The van der Waals surface area contributed by atoms with Crippen molar-refractivity contribution in [1.29, 1.82) is 0 Å². The molecule has 0 atom stereocenters. The van der Waals surface area contributed by atoms with Crippen LogP contribution in [0.25, 0.3) is 0 Å². The summed E-state index contributed by atoms with van der Waals surface area (Å²) in [5.41, 5.74) is 3.23. The number of carbonyl (C=O) groups is 1. The first-order valence-corrected chi connectivity index (χ1v) is 8.69. The Balaban J connectivity index is 1.91. The number of amides is 1. The summed E-state index contributed by atoms with van der Waals surface area (Å²) in [6, 6.07) is 18.4. The molecule has 0 aliphatic carbocycles. The molecule has 2 N–H and O–H groups in total. The van der Waals surface area contributed by atoms with Crippen LogP contribution in [0.4, 0.5) is 5.69 Å². The highest BCUT2D eigenvalue weighted by Gasteiger charge is 2.20. The molecule has 0 bridgehead atoms. The molecule has 1 amide bonds. The van der Waals surface area contributed by atoms with Gasteiger partial charge in [-0.1, -0.05) is 48.5 Å². The largest absolute Gasteiger partial charge is 0.326 e. The Labute approximate surface area is 151 Å². The average Bonchev–Trinajstić information content (AvgIpc) is 2.54. The Kier molecular flexibility index (Phi) is 6.73. The molecule has 2 aromatic carbocycles. The zero-order chi connectivity index (χ0) is 18.3. The number of nitrogens with zero attached hydrogens (tertiary/aromatic N) is 1. The second-order valence-corrected chi connectivity index (χ2v) is 7.23. The lowest BCUT2D eigenvalue weighted by atomic mass is 10.0. The Morgan fingerprint density at radius 1 is 1.04 bits per heavy atom. The number of benzene rings is 2. The third-order valence-electron chi connectivity index (χ3n) is 4.05. The molecule has 2 rings (SSSR count). The van der Waals surface area contributed by atoms with E-state index in [-0.39, 0.29) is 11.4 Å². The second kappa shape index (κ2) is 8.79. The Morgan fingerprint density at radius 2 is 1.68 bits per heavy atom. The van der Waals surface area contributed by atoms with Gasteiger partial charge in [-0.2, -0.15) is 0 Å². The molecular weight excluding hydrogens is 310 g/mol. The maximum absolute atomic E-state index is 11.3. The standard InChI is InChI=1S/C21H29N3O/c1-17(25)23-20-13-9-8-12-19(20)14-22-21(2,3)16-24(4)15-18-10-6-5-7-11-18/h5-13,22H,14-16H2,1-4H3,(H,23,25). The van der Waals surface area contributed by atoms with Crippen molar-refractivity contribution in [3.05, 3.63) is 65.7 Å². The van der Waals surface area contributed by atoms with Crippen LogP contribution < -0.4 is 10.6 Å². The highest BCUT2D eigenvalue weighted by atomic mass is 16.1. The Morgan fingerprint density at radius 3 is 2.36 bits per heavy atom. The van der Waals surface area contributed by atoms with E-state index in [0.29, 0.717) is 6.54 Å². The smallest absolute Gasteiger partial charge is 0.221 e. The lowest BCUT2D eigenvalue weighted by Gasteiger charge is -2.32. The van der Waals surface area contributed by atoms with Crippen LogP contribution in [-0.2, 0) is 17.9 Å². The van der Waals surface area contributed by atoms with Crippen molar-refractivity contribution in [2.75, 3.05) is 18.9 Å². The lowest BCUT2D eigenvalue weighted by Crippen LogP contribution is -2.47. The van der Waals surface area contributed by atoms with Crippen molar-refractivity contribution in [3.8, 4) is 0 Å². The summed E-state index contributed by atoms with van der Waals surface area (Å²) >= 11 is 0. The topological polar surface area (TPSA) is 44.4 Å². The fourth-order valence-electron chi connectivity index (χ4n) is 3.00. The number of carbonyl (C=O) groups excluding carboxylic acids is 1. The van der Waals surface area contributed by atoms with Gasteiger partial charge in [0.2, 0.25) is 5.91 Å². The summed E-state index contributed by atoms with van der Waals surface area (Å²) in [5.74, 6) is -0.0469. The first-order chi connectivity index (χ1) is 11.9. The van der Waals surface area contributed by atoms with Crippen LogP contribution in [0.5, 0.6) is 0 Å². The van der Waals surface area contributed by atoms with Gasteiger partial charge in [0, 0.05) is 37.8 Å². The van der Waals surface area contributed by atoms with Crippen molar-refractivity contribution in [1.82, 2.24) is 10.2 Å². The van der Waals surface area contributed by atoms with Gasteiger partial charge >= 0.3 is 0 Å². The minimum atomic E-state index is -0.0487. The van der Waals surface area contributed by atoms with Gasteiger partial charge in [0.05, 0.1) is 0 Å². The van der Waals surface area contributed by atoms with Crippen LogP contribution in [0.15, 0.2) is 54.6 Å². The SMILES string of the molecule is CC(=O)Nc1ccccc1CNC(C)(C)CN(C)Cc1ccccc1. The monoisotopic (exact) mass is 339 g/mol. The fraction of sp³-hybridized carbons (Fsp3) is 0.381. The molecule has 0 saturated carbocycles. The minimum absolute atomic E-state index is 0.0469. The van der Waals surface area contributed by atoms with E-state index in [4.69, 9.17) is 0 Å². The zero-order valence-corrected chi connectivity index (χ0v) is 15.7. The van der Waals surface area contributed by atoms with E-state index >= 15 is 0 Å². The van der Waals surface area contributed by atoms with Crippen molar-refractivity contribution < 1.29 is 4.79 Å². The van der Waals surface area contributed by atoms with Gasteiger partial charge in [-0.05, 0) is 38.1 Å². The van der Waals surface area contributed by atoms with Gasteiger partial charge in [-0.25, -0.2) is 0 Å². The highest BCUT2D eigenvalue weighted by molar-refractivity contribution is 5.89. The highest BCUT2D eigenvalue weighted by Crippen LogP contribution is 2.17. The van der Waals surface area contributed by atoms with Gasteiger partial charge in [-0.3, -0.25) is 4.79 Å². The van der Waals surface area contributed by atoms with Crippen LogP contribution in [0.1, 0.15) is 31.9 Å². The summed E-state index contributed by atoms with van der Waals surface area (Å²) in [7, 11) is 2.14. The summed E-state index contributed by atoms with van der Waals surface area (Å²) in [5, 5.41) is 6.51. The molecule has 0 aromatic heterocycles. The number of anilines is 1. The predicted octanol–water partition coefficient (Wildman–Crippen LogP) is 3.65. The number of likely N-dealkylation sites (N-methyl/N-ethyl adjacent to an activating group) is 1. The summed E-state index contributed by atoms with van der Waals surface area (Å²) in [4.78, 5) is 13.7. The molecule has 134 valence electrons. The van der Waals surface area contributed by atoms with Gasteiger partial charge in [0.25, 0.3) is 0 Å². The number of hydrogen-bond donors (Lipinski definition) is 2. The average molecular weight is 339 g/mol. The van der Waals surface area contributed by atoms with Crippen LogP contribution >= 0.6 is 0 Å². The Hall–Kier alpha value is -2.17. The molecule has 0 saturated heterocycles. The van der Waals surface area contributed by atoms with E-state index in [2.05, 4.69) is 60.7 Å². The quantitative estimate of drug-likeness (QED) is 0.772. The molecular formula is C21H29N3O. The van der Waals surface area contributed by atoms with Gasteiger partial charge < -0.3 is 15.5 Å². The molecule has 0 spiro atoms. The molecule has 0 aliphatic heterocycles. The second-order valence-electron chi connectivity index (χ2n) is 7.23. The van der Waals surface area contributed by atoms with Crippen LogP contribution in [-0.4, -0.2) is 29.9 Å². The minimum Gasteiger partial charge on any atom is -0.326 e. The van der Waals surface area contributed by atoms with Gasteiger partial charge in [-0.15, -0.1) is 0 Å². The maximum atomic E-state index is 11.3. The lowest BCUT2D eigenvalue weighted by molar-refractivity contribution is -0.114. The molecule has 0 heterocycles. The molecule has 0 aliphatic rings. The van der Waals surface area contributed by atoms with Crippen molar-refractivity contribution in [3.63, 3.8) is 0 Å². The molecule has 4 heteroatoms. The molecule has 0 radical (unpaired) electrons. The first kappa shape index (κ1) is 19.2. The Bertz CT molecular complexity index is 683. The number of hydrogen-bond acceptors (Lipinski definition) is 3. The van der Waals surface area contributed by atoms with E-state index in [1.165, 1.54) is 12.5 Å². The van der Waals surface area contributed by atoms with Gasteiger partial charge in [0.15, 0.2) is 0 Å². The van der Waals surface area contributed by atoms with Crippen molar-refractivity contribution in [2.45, 2.75) is 39.4 Å². The molecule has 0 fully saturated rings. The number of rotatable bonds is 8. The van der Waals surface area contributed by atoms with Crippen LogP contribution in [0.3, 0.4) is 0 Å². The first-order valence-electron chi connectivity index (χ1n) is 8.69. The summed E-state index contributed by atoms with van der Waals surface area (Å²) < 4.78 is 0. The van der Waals surface area contributed by atoms with E-state index in [9.17, 15) is 4.79 Å². The van der Waals surface area contributed by atoms with Crippen LogP contribution in [0, 0.1) is 0 Å². The zero-order valence-electron chi connectivity index (χ0n) is 15.7. The van der Waals surface area contributed by atoms with Gasteiger partial charge in [0.1, 0.15) is 0 Å². The molecule has 0 unspecified atom stereocenters. The molecule has 2 aromatic rings. The summed E-state index contributed by atoms with van der Waals surface area (Å²) in [6.45, 7) is 8.50. The van der Waals surface area contributed by atoms with Crippen molar-refractivity contribution >= 4 is 11.6 Å². The predicted molar refractivity (Wildman–Crippen MR) is 104 cm³/mol. The van der Waals surface area contributed by atoms with E-state index in [1.807, 2.05) is 30.3 Å². The van der Waals surface area contributed by atoms with E-state index in [1.54, 1.807) is 0 Å². The number of nitrogens with one attached hydrogen (secondary N) is 2. The van der Waals surface area contributed by atoms with E-state index in [0.717, 1.165) is 24.3 Å². The number of para-hydroxylation sites is 1.